The van der Waals surface area contributed by atoms with Crippen molar-refractivity contribution in [2.45, 2.75) is 0 Å². The van der Waals surface area contributed by atoms with Crippen LogP contribution in [0.3, 0.4) is 0 Å². The first-order valence-corrected chi connectivity index (χ1v) is 5.14. The number of nitroso groups, excluding NO2 is 1. The molecule has 3 rings (SSSR count). The fraction of sp³-hybridized carbons (Fsp3) is 0. The average molecular weight is 207 g/mol. The van der Waals surface area contributed by atoms with Crippen LogP contribution in [0.5, 0.6) is 0 Å². The highest BCUT2D eigenvalue weighted by atomic mass is 16.3. The molecule has 2 nitrogen and oxygen atoms in total. The maximum atomic E-state index is 10.8. The molecule has 0 spiro atoms. The Kier molecular flexibility index (Phi) is 1.93. The zero-order valence-electron chi connectivity index (χ0n) is 8.55. The molecule has 0 aromatic heterocycles. The summed E-state index contributed by atoms with van der Waals surface area (Å²) < 4.78 is 0. The van der Waals surface area contributed by atoms with Gasteiger partial charge in [0.25, 0.3) is 0 Å². The van der Waals surface area contributed by atoms with E-state index in [9.17, 15) is 4.91 Å². The second-order valence-electron chi connectivity index (χ2n) is 3.75. The van der Waals surface area contributed by atoms with Crippen LogP contribution in [-0.4, -0.2) is 0 Å². The minimum Gasteiger partial charge on any atom is -0.145 e. The van der Waals surface area contributed by atoms with Crippen LogP contribution in [0.2, 0.25) is 0 Å². The summed E-state index contributed by atoms with van der Waals surface area (Å²) in [5, 5.41) is 7.30. The third-order valence-electron chi connectivity index (χ3n) is 2.84. The number of hydrogen-bond donors (Lipinski definition) is 0. The molecule has 0 radical (unpaired) electrons. The summed E-state index contributed by atoms with van der Waals surface area (Å²) in [6, 6.07) is 17.7. The van der Waals surface area contributed by atoms with E-state index in [1.165, 1.54) is 0 Å². The normalized spacial score (nSPS) is 10.8. The summed E-state index contributed by atoms with van der Waals surface area (Å²) in [6.07, 6.45) is 0. The van der Waals surface area contributed by atoms with E-state index in [2.05, 4.69) is 11.2 Å². The number of hydrogen-bond acceptors (Lipinski definition) is 2. The summed E-state index contributed by atoms with van der Waals surface area (Å²) >= 11 is 0. The van der Waals surface area contributed by atoms with E-state index < -0.39 is 0 Å². The zero-order chi connectivity index (χ0) is 11.0. The van der Waals surface area contributed by atoms with Crippen molar-refractivity contribution in [3.63, 3.8) is 0 Å². The molecule has 0 N–H and O–H groups in total. The number of benzene rings is 3. The molecule has 3 aromatic rings. The lowest BCUT2D eigenvalue weighted by molar-refractivity contribution is 1.55. The molecule has 0 saturated heterocycles. The molecule has 0 bridgehead atoms. The maximum Gasteiger partial charge on any atom is 0.116 e. The van der Waals surface area contributed by atoms with Gasteiger partial charge in [0.15, 0.2) is 0 Å². The monoisotopic (exact) mass is 207 g/mol. The second kappa shape index (κ2) is 3.42. The SMILES string of the molecule is O=Nc1cc2ccccc2c2ccccc12. The standard InChI is InChI=1S/C14H9NO/c16-15-14-9-10-5-1-2-6-11(10)12-7-3-4-8-13(12)14/h1-9H. The van der Waals surface area contributed by atoms with E-state index in [4.69, 9.17) is 0 Å². The number of rotatable bonds is 1. The molecule has 0 aliphatic heterocycles. The predicted molar refractivity (Wildman–Crippen MR) is 66.9 cm³/mol. The van der Waals surface area contributed by atoms with Crippen molar-refractivity contribution in [3.8, 4) is 0 Å². The Morgan fingerprint density at radius 3 is 2.12 bits per heavy atom. The van der Waals surface area contributed by atoms with Gasteiger partial charge in [0.05, 0.1) is 0 Å². The van der Waals surface area contributed by atoms with E-state index in [0.717, 1.165) is 21.5 Å². The Morgan fingerprint density at radius 2 is 1.38 bits per heavy atom. The van der Waals surface area contributed by atoms with Crippen LogP contribution in [-0.2, 0) is 0 Å². The summed E-state index contributed by atoms with van der Waals surface area (Å²) in [5.74, 6) is 0. The van der Waals surface area contributed by atoms with Gasteiger partial charge in [-0.1, -0.05) is 48.5 Å². The number of nitrogens with zero attached hydrogens (tertiary/aromatic N) is 1. The highest BCUT2D eigenvalue weighted by Crippen LogP contribution is 2.33. The topological polar surface area (TPSA) is 29.4 Å². The zero-order valence-corrected chi connectivity index (χ0v) is 8.55. The summed E-state index contributed by atoms with van der Waals surface area (Å²) in [6.45, 7) is 0. The molecule has 2 heteroatoms. The van der Waals surface area contributed by atoms with Gasteiger partial charge in [-0.3, -0.25) is 0 Å². The Balaban J connectivity index is 2.62. The van der Waals surface area contributed by atoms with Crippen molar-refractivity contribution in [2.75, 3.05) is 0 Å². The largest absolute Gasteiger partial charge is 0.145 e. The summed E-state index contributed by atoms with van der Waals surface area (Å²) in [5.41, 5.74) is 0.509. The molecule has 16 heavy (non-hydrogen) atoms. The van der Waals surface area contributed by atoms with Crippen molar-refractivity contribution in [2.24, 2.45) is 5.18 Å². The maximum absolute atomic E-state index is 10.8. The molecule has 0 aliphatic carbocycles. The third-order valence-corrected chi connectivity index (χ3v) is 2.84. The Hall–Kier alpha value is -2.22. The molecule has 0 heterocycles. The van der Waals surface area contributed by atoms with Crippen LogP contribution in [0.15, 0.2) is 59.8 Å². The van der Waals surface area contributed by atoms with Gasteiger partial charge in [-0.15, -0.1) is 4.91 Å². The van der Waals surface area contributed by atoms with Crippen LogP contribution in [0.4, 0.5) is 5.69 Å². The van der Waals surface area contributed by atoms with Crippen molar-refractivity contribution in [1.82, 2.24) is 0 Å². The minimum atomic E-state index is 0.509. The lowest BCUT2D eigenvalue weighted by atomic mass is 10.0. The first kappa shape index (κ1) is 9.04. The Morgan fingerprint density at radius 1 is 0.750 bits per heavy atom. The second-order valence-corrected chi connectivity index (χ2v) is 3.75. The van der Waals surface area contributed by atoms with Crippen LogP contribution >= 0.6 is 0 Å². The van der Waals surface area contributed by atoms with Gasteiger partial charge < -0.3 is 0 Å². The van der Waals surface area contributed by atoms with Crippen LogP contribution < -0.4 is 0 Å². The lowest BCUT2D eigenvalue weighted by Crippen LogP contribution is -1.77. The highest BCUT2D eigenvalue weighted by Gasteiger charge is 2.05. The molecule has 3 aromatic carbocycles. The smallest absolute Gasteiger partial charge is 0.116 e. The van der Waals surface area contributed by atoms with E-state index >= 15 is 0 Å². The molecule has 76 valence electrons. The quantitative estimate of drug-likeness (QED) is 0.429. The van der Waals surface area contributed by atoms with Gasteiger partial charge in [-0.25, -0.2) is 0 Å². The molecule has 0 saturated carbocycles. The van der Waals surface area contributed by atoms with E-state index in [1.54, 1.807) is 0 Å². The van der Waals surface area contributed by atoms with E-state index in [1.807, 2.05) is 48.5 Å². The minimum absolute atomic E-state index is 0.509. The van der Waals surface area contributed by atoms with E-state index in [-0.39, 0.29) is 0 Å². The van der Waals surface area contributed by atoms with Crippen molar-refractivity contribution in [3.05, 3.63) is 59.5 Å². The van der Waals surface area contributed by atoms with Crippen LogP contribution in [0.25, 0.3) is 21.5 Å². The average Bonchev–Trinajstić information content (AvgIpc) is 2.38. The van der Waals surface area contributed by atoms with Gasteiger partial charge in [0.1, 0.15) is 5.69 Å². The molecular formula is C14H9NO. The summed E-state index contributed by atoms with van der Waals surface area (Å²) in [7, 11) is 0. The molecule has 0 fully saturated rings. The van der Waals surface area contributed by atoms with Gasteiger partial charge >= 0.3 is 0 Å². The highest BCUT2D eigenvalue weighted by molar-refractivity contribution is 6.12. The van der Waals surface area contributed by atoms with E-state index in [0.29, 0.717) is 5.69 Å². The van der Waals surface area contributed by atoms with Gasteiger partial charge in [-0.05, 0) is 27.4 Å². The van der Waals surface area contributed by atoms with Crippen LogP contribution in [0.1, 0.15) is 0 Å². The Bertz CT molecular complexity index is 688. The molecule has 0 aliphatic rings. The summed E-state index contributed by atoms with van der Waals surface area (Å²) in [4.78, 5) is 10.8. The first-order chi connectivity index (χ1) is 7.90. The van der Waals surface area contributed by atoms with Gasteiger partial charge in [-0.2, -0.15) is 0 Å². The molecule has 0 atom stereocenters. The predicted octanol–water partition coefficient (Wildman–Crippen LogP) is 4.39. The fourth-order valence-corrected chi connectivity index (χ4v) is 2.11. The molecular weight excluding hydrogens is 198 g/mol. The molecule has 0 amide bonds. The third kappa shape index (κ3) is 1.20. The van der Waals surface area contributed by atoms with Crippen molar-refractivity contribution >= 4 is 27.2 Å². The molecule has 0 unspecified atom stereocenters. The van der Waals surface area contributed by atoms with Crippen LogP contribution in [0, 0.1) is 4.91 Å². The van der Waals surface area contributed by atoms with Gasteiger partial charge in [0.2, 0.25) is 0 Å². The van der Waals surface area contributed by atoms with Crippen molar-refractivity contribution in [1.29, 1.82) is 0 Å². The van der Waals surface area contributed by atoms with Gasteiger partial charge in [0, 0.05) is 5.39 Å². The van der Waals surface area contributed by atoms with Crippen molar-refractivity contribution < 1.29 is 0 Å². The number of fused-ring (bicyclic) bond motifs is 3. The first-order valence-electron chi connectivity index (χ1n) is 5.14. The fourth-order valence-electron chi connectivity index (χ4n) is 2.11. The Labute approximate surface area is 92.5 Å². The lowest BCUT2D eigenvalue weighted by Gasteiger charge is -2.04.